The van der Waals surface area contributed by atoms with Crippen molar-refractivity contribution in [1.29, 1.82) is 0 Å². The largest absolute Gasteiger partial charge is 0.493 e. The van der Waals surface area contributed by atoms with Gasteiger partial charge in [0, 0.05) is 29.9 Å². The standard InChI is InChI=1S/C33H30N4O4/c1-40-29-19-18-27(20-30(29)41-2)37-22-28(25-14-8-4-9-15-25)34-33(37)35-31(38)23-36(21-24-12-6-3-7-13-24)32(39)26-16-10-5-11-17-26/h3-20,22H,21,23H2,1-2H3,(H,34,35,38). The van der Waals surface area contributed by atoms with Gasteiger partial charge in [0.15, 0.2) is 11.5 Å². The third kappa shape index (κ3) is 6.45. The Labute approximate surface area is 238 Å². The monoisotopic (exact) mass is 546 g/mol. The molecule has 1 N–H and O–H groups in total. The summed E-state index contributed by atoms with van der Waals surface area (Å²) in [4.78, 5) is 33.2. The van der Waals surface area contributed by atoms with Crippen LogP contribution >= 0.6 is 0 Å². The molecule has 2 amide bonds. The molecule has 1 heterocycles. The fraction of sp³-hybridized carbons (Fsp3) is 0.121. The number of nitrogens with zero attached hydrogens (tertiary/aromatic N) is 3. The summed E-state index contributed by atoms with van der Waals surface area (Å²) in [6.07, 6.45) is 1.85. The summed E-state index contributed by atoms with van der Waals surface area (Å²) in [6.45, 7) is 0.115. The molecule has 0 bridgehead atoms. The molecule has 0 saturated heterocycles. The van der Waals surface area contributed by atoms with Crippen molar-refractivity contribution in [3.05, 3.63) is 127 Å². The number of ether oxygens (including phenoxy) is 2. The quantitative estimate of drug-likeness (QED) is 0.238. The molecule has 4 aromatic carbocycles. The number of benzene rings is 4. The van der Waals surface area contributed by atoms with Crippen LogP contribution < -0.4 is 14.8 Å². The van der Waals surface area contributed by atoms with Crippen molar-refractivity contribution in [2.75, 3.05) is 26.1 Å². The van der Waals surface area contributed by atoms with E-state index >= 15 is 0 Å². The number of nitrogens with one attached hydrogen (secondary N) is 1. The van der Waals surface area contributed by atoms with Crippen molar-refractivity contribution in [1.82, 2.24) is 14.5 Å². The van der Waals surface area contributed by atoms with Crippen molar-refractivity contribution in [3.63, 3.8) is 0 Å². The Kier molecular flexibility index (Phi) is 8.40. The lowest BCUT2D eigenvalue weighted by Gasteiger charge is -2.22. The third-order valence-electron chi connectivity index (χ3n) is 6.53. The van der Waals surface area contributed by atoms with Crippen molar-refractivity contribution >= 4 is 17.8 Å². The Morgan fingerprint density at radius 1 is 0.805 bits per heavy atom. The van der Waals surface area contributed by atoms with E-state index in [1.54, 1.807) is 49.1 Å². The van der Waals surface area contributed by atoms with Gasteiger partial charge in [-0.2, -0.15) is 0 Å². The highest BCUT2D eigenvalue weighted by molar-refractivity contribution is 5.99. The van der Waals surface area contributed by atoms with Crippen LogP contribution in [0.15, 0.2) is 115 Å². The molecule has 0 radical (unpaired) electrons. The molecular weight excluding hydrogens is 516 g/mol. The Balaban J connectivity index is 1.46. The first kappa shape index (κ1) is 27.2. The molecule has 0 aliphatic heterocycles. The van der Waals surface area contributed by atoms with Crippen molar-refractivity contribution < 1.29 is 19.1 Å². The van der Waals surface area contributed by atoms with E-state index in [9.17, 15) is 9.59 Å². The van der Waals surface area contributed by atoms with Gasteiger partial charge in [0.1, 0.15) is 6.54 Å². The van der Waals surface area contributed by atoms with Gasteiger partial charge in [0.2, 0.25) is 11.9 Å². The van der Waals surface area contributed by atoms with E-state index < -0.39 is 0 Å². The summed E-state index contributed by atoms with van der Waals surface area (Å²) in [5, 5.41) is 2.93. The fourth-order valence-corrected chi connectivity index (χ4v) is 4.49. The molecule has 0 saturated carbocycles. The third-order valence-corrected chi connectivity index (χ3v) is 6.53. The van der Waals surface area contributed by atoms with E-state index in [0.717, 1.165) is 11.1 Å². The number of aromatic nitrogens is 2. The van der Waals surface area contributed by atoms with Gasteiger partial charge in [-0.15, -0.1) is 0 Å². The molecule has 5 aromatic rings. The van der Waals surface area contributed by atoms with Gasteiger partial charge in [-0.25, -0.2) is 4.98 Å². The minimum atomic E-state index is -0.378. The van der Waals surface area contributed by atoms with E-state index in [1.807, 2.05) is 85.1 Å². The summed E-state index contributed by atoms with van der Waals surface area (Å²) in [7, 11) is 3.14. The number of carbonyl (C=O) groups is 2. The van der Waals surface area contributed by atoms with Crippen LogP contribution in [0.5, 0.6) is 11.5 Å². The first-order valence-electron chi connectivity index (χ1n) is 13.1. The van der Waals surface area contributed by atoms with Gasteiger partial charge >= 0.3 is 0 Å². The molecule has 8 heteroatoms. The fourth-order valence-electron chi connectivity index (χ4n) is 4.49. The predicted octanol–water partition coefficient (Wildman–Crippen LogP) is 5.84. The molecule has 0 fully saturated rings. The predicted molar refractivity (Wildman–Crippen MR) is 158 cm³/mol. The summed E-state index contributed by atoms with van der Waals surface area (Å²) in [5.41, 5.74) is 3.72. The number of methoxy groups -OCH3 is 2. The Morgan fingerprint density at radius 2 is 1.44 bits per heavy atom. The molecule has 1 aromatic heterocycles. The van der Waals surface area contributed by atoms with Gasteiger partial charge in [-0.05, 0) is 29.8 Å². The van der Waals surface area contributed by atoms with Crippen molar-refractivity contribution in [2.45, 2.75) is 6.54 Å². The first-order chi connectivity index (χ1) is 20.1. The molecule has 206 valence electrons. The molecule has 0 atom stereocenters. The second kappa shape index (κ2) is 12.7. The van der Waals surface area contributed by atoms with Crippen LogP contribution in [0.1, 0.15) is 15.9 Å². The van der Waals surface area contributed by atoms with E-state index in [0.29, 0.717) is 34.4 Å². The molecule has 41 heavy (non-hydrogen) atoms. The molecule has 0 aliphatic rings. The number of amides is 2. The topological polar surface area (TPSA) is 85.7 Å². The first-order valence-corrected chi connectivity index (χ1v) is 13.1. The Hall–Kier alpha value is -5.37. The summed E-state index contributed by atoms with van der Waals surface area (Å²) in [6, 6.07) is 33.7. The molecule has 8 nitrogen and oxygen atoms in total. The highest BCUT2D eigenvalue weighted by Gasteiger charge is 2.21. The van der Waals surface area contributed by atoms with Gasteiger partial charge in [0.25, 0.3) is 5.91 Å². The maximum atomic E-state index is 13.5. The number of rotatable bonds is 10. The van der Waals surface area contributed by atoms with Crippen LogP contribution in [0, 0.1) is 0 Å². The normalized spacial score (nSPS) is 10.6. The molecule has 0 unspecified atom stereocenters. The SMILES string of the molecule is COc1ccc(-n2cc(-c3ccccc3)nc2NC(=O)CN(Cc2ccccc2)C(=O)c2ccccc2)cc1OC. The second-order valence-electron chi connectivity index (χ2n) is 9.29. The number of imidazole rings is 1. The zero-order valence-electron chi connectivity index (χ0n) is 22.9. The van der Waals surface area contributed by atoms with Crippen LogP contribution in [0.4, 0.5) is 5.95 Å². The van der Waals surface area contributed by atoms with Gasteiger partial charge in [-0.1, -0.05) is 78.9 Å². The summed E-state index contributed by atoms with van der Waals surface area (Å²) < 4.78 is 12.7. The maximum absolute atomic E-state index is 13.5. The lowest BCUT2D eigenvalue weighted by atomic mass is 10.1. The molecule has 5 rings (SSSR count). The van der Waals surface area contributed by atoms with Crippen LogP contribution in [-0.4, -0.2) is 47.0 Å². The lowest BCUT2D eigenvalue weighted by Crippen LogP contribution is -2.38. The Morgan fingerprint density at radius 3 is 2.10 bits per heavy atom. The zero-order chi connectivity index (χ0) is 28.6. The van der Waals surface area contributed by atoms with Crippen LogP contribution in [0.25, 0.3) is 16.9 Å². The van der Waals surface area contributed by atoms with Crippen LogP contribution in [0.2, 0.25) is 0 Å². The average molecular weight is 547 g/mol. The van der Waals surface area contributed by atoms with E-state index in [-0.39, 0.29) is 24.9 Å². The molecule has 0 aliphatic carbocycles. The summed E-state index contributed by atoms with van der Waals surface area (Å²) in [5.74, 6) is 0.823. The smallest absolute Gasteiger partial charge is 0.254 e. The van der Waals surface area contributed by atoms with E-state index in [1.165, 1.54) is 4.90 Å². The highest BCUT2D eigenvalue weighted by atomic mass is 16.5. The van der Waals surface area contributed by atoms with Crippen molar-refractivity contribution in [3.8, 4) is 28.4 Å². The van der Waals surface area contributed by atoms with Gasteiger partial charge in [0.05, 0.1) is 25.6 Å². The zero-order valence-corrected chi connectivity index (χ0v) is 22.9. The van der Waals surface area contributed by atoms with Crippen molar-refractivity contribution in [2.24, 2.45) is 0 Å². The number of hydrogen-bond donors (Lipinski definition) is 1. The number of anilines is 1. The van der Waals surface area contributed by atoms with Gasteiger partial charge < -0.3 is 14.4 Å². The maximum Gasteiger partial charge on any atom is 0.254 e. The van der Waals surface area contributed by atoms with E-state index in [2.05, 4.69) is 5.32 Å². The average Bonchev–Trinajstić information content (AvgIpc) is 3.44. The minimum Gasteiger partial charge on any atom is -0.493 e. The van der Waals surface area contributed by atoms with E-state index in [4.69, 9.17) is 14.5 Å². The van der Waals surface area contributed by atoms with Gasteiger partial charge in [-0.3, -0.25) is 19.5 Å². The lowest BCUT2D eigenvalue weighted by molar-refractivity contribution is -0.117. The van der Waals surface area contributed by atoms with Crippen LogP contribution in [0.3, 0.4) is 0 Å². The highest BCUT2D eigenvalue weighted by Crippen LogP contribution is 2.31. The number of hydrogen-bond acceptors (Lipinski definition) is 5. The Bertz CT molecular complexity index is 1620. The van der Waals surface area contributed by atoms with Crippen LogP contribution in [-0.2, 0) is 11.3 Å². The second-order valence-corrected chi connectivity index (χ2v) is 9.29. The molecular formula is C33H30N4O4. The molecule has 0 spiro atoms. The minimum absolute atomic E-state index is 0.165. The summed E-state index contributed by atoms with van der Waals surface area (Å²) >= 11 is 0. The number of carbonyl (C=O) groups excluding carboxylic acids is 2.